The van der Waals surface area contributed by atoms with E-state index in [9.17, 15) is 10.1 Å². The van der Waals surface area contributed by atoms with Crippen molar-refractivity contribution < 1.29 is 14.4 Å². The third-order valence-corrected chi connectivity index (χ3v) is 5.26. The maximum absolute atomic E-state index is 10.5. The number of anilines is 3. The summed E-state index contributed by atoms with van der Waals surface area (Å²) in [5.74, 6) is 0.441. The molecule has 0 bridgehead atoms. The lowest BCUT2D eigenvalue weighted by Crippen LogP contribution is -2.45. The molecular formula is C22H32N6O4. The normalized spacial score (nSPS) is 25.6. The van der Waals surface area contributed by atoms with Crippen LogP contribution in [0.15, 0.2) is 36.7 Å². The summed E-state index contributed by atoms with van der Waals surface area (Å²) in [6, 6.07) is 7.00. The van der Waals surface area contributed by atoms with Crippen LogP contribution in [-0.2, 0) is 9.47 Å². The van der Waals surface area contributed by atoms with Gasteiger partial charge in [-0.2, -0.15) is 0 Å². The minimum atomic E-state index is -0.492. The number of nitrogens with two attached hydrogens (primary N) is 1. The third kappa shape index (κ3) is 6.51. The number of aromatic nitrogens is 2. The molecule has 0 aromatic carbocycles. The van der Waals surface area contributed by atoms with Crippen molar-refractivity contribution in [3.8, 4) is 0 Å². The van der Waals surface area contributed by atoms with E-state index in [1.165, 1.54) is 6.07 Å². The van der Waals surface area contributed by atoms with Crippen LogP contribution in [0.3, 0.4) is 0 Å². The van der Waals surface area contributed by atoms with Gasteiger partial charge in [0.1, 0.15) is 5.82 Å². The van der Waals surface area contributed by atoms with Crippen LogP contribution in [0.2, 0.25) is 0 Å². The van der Waals surface area contributed by atoms with Gasteiger partial charge in [0.15, 0.2) is 6.20 Å². The second kappa shape index (κ2) is 10.6. The molecule has 2 aliphatic rings. The summed E-state index contributed by atoms with van der Waals surface area (Å²) in [7, 11) is 0. The number of hydrogen-bond donors (Lipinski definition) is 1. The van der Waals surface area contributed by atoms with Gasteiger partial charge in [0.2, 0.25) is 0 Å². The lowest BCUT2D eigenvalue weighted by molar-refractivity contribution is -0.389. The van der Waals surface area contributed by atoms with Gasteiger partial charge < -0.3 is 35.1 Å². The van der Waals surface area contributed by atoms with E-state index in [0.29, 0.717) is 5.82 Å². The molecule has 4 heterocycles. The van der Waals surface area contributed by atoms with Crippen LogP contribution >= 0.6 is 0 Å². The first-order valence-corrected chi connectivity index (χ1v) is 10.8. The molecule has 2 aromatic heterocycles. The second-order valence-corrected chi connectivity index (χ2v) is 8.40. The highest BCUT2D eigenvalue weighted by Gasteiger charge is 2.24. The molecule has 0 saturated carbocycles. The zero-order valence-electron chi connectivity index (χ0n) is 19.0. The quantitative estimate of drug-likeness (QED) is 0.563. The number of nitro groups is 1. The van der Waals surface area contributed by atoms with Crippen molar-refractivity contribution in [2.45, 2.75) is 52.1 Å². The van der Waals surface area contributed by atoms with Crippen LogP contribution < -0.4 is 15.5 Å². The number of nitrogen functional groups attached to an aromatic ring is 1. The summed E-state index contributed by atoms with van der Waals surface area (Å²) in [6.07, 6.45) is 4.23. The Kier molecular flexibility index (Phi) is 7.81. The molecule has 32 heavy (non-hydrogen) atoms. The maximum Gasteiger partial charge on any atom is 0.363 e. The molecule has 4 unspecified atom stereocenters. The summed E-state index contributed by atoms with van der Waals surface area (Å²) in [5, 5.41) is 10.5. The fourth-order valence-corrected chi connectivity index (χ4v) is 4.04. The Morgan fingerprint density at radius 2 is 1.28 bits per heavy atom. The van der Waals surface area contributed by atoms with Gasteiger partial charge in [0, 0.05) is 32.2 Å². The molecule has 10 nitrogen and oxygen atoms in total. The highest BCUT2D eigenvalue weighted by Crippen LogP contribution is 2.21. The molecule has 4 rings (SSSR count). The highest BCUT2D eigenvalue weighted by atomic mass is 16.6. The Bertz CT molecular complexity index is 859. The average molecular weight is 445 g/mol. The Morgan fingerprint density at radius 1 is 0.844 bits per heavy atom. The number of rotatable bonds is 3. The highest BCUT2D eigenvalue weighted by molar-refractivity contribution is 5.49. The SMILES string of the molecule is CC1CN(c2ccc(N)nc2)CC(C)O1.CC1CN(c2ccc([N+](=O)[O-])nc2)CC(C)O1. The van der Waals surface area contributed by atoms with Crippen molar-refractivity contribution in [2.24, 2.45) is 0 Å². The zero-order valence-corrected chi connectivity index (χ0v) is 19.0. The van der Waals surface area contributed by atoms with Gasteiger partial charge in [0.25, 0.3) is 0 Å². The van der Waals surface area contributed by atoms with Gasteiger partial charge in [0.05, 0.1) is 42.0 Å². The van der Waals surface area contributed by atoms with E-state index in [0.717, 1.165) is 37.6 Å². The summed E-state index contributed by atoms with van der Waals surface area (Å²) in [5.41, 5.74) is 7.57. The summed E-state index contributed by atoms with van der Waals surface area (Å²) in [4.78, 5) is 22.3. The van der Waals surface area contributed by atoms with Crippen LogP contribution in [-0.4, -0.2) is 65.5 Å². The van der Waals surface area contributed by atoms with E-state index >= 15 is 0 Å². The first-order chi connectivity index (χ1) is 15.2. The molecular weight excluding hydrogens is 412 g/mol. The van der Waals surface area contributed by atoms with E-state index in [4.69, 9.17) is 15.2 Å². The number of ether oxygens (including phenoxy) is 2. The van der Waals surface area contributed by atoms with E-state index in [1.807, 2.05) is 32.2 Å². The number of hydrogen-bond acceptors (Lipinski definition) is 9. The van der Waals surface area contributed by atoms with Crippen molar-refractivity contribution in [1.82, 2.24) is 9.97 Å². The molecule has 2 saturated heterocycles. The standard InChI is InChI=1S/C11H15N3O3.C11H17N3O/c1-8-6-13(7-9(2)17-8)10-3-4-11(12-5-10)14(15)16;1-8-6-14(7-9(2)15-8)10-3-4-11(12)13-5-10/h3-5,8-9H,6-7H2,1-2H3;3-5,8-9H,6-7H2,1-2H3,(H2,12,13). The predicted octanol–water partition coefficient (Wildman–Crippen LogP) is 2.88. The van der Waals surface area contributed by atoms with Gasteiger partial charge in [-0.3, -0.25) is 0 Å². The number of pyridine rings is 2. The van der Waals surface area contributed by atoms with Crippen molar-refractivity contribution >= 4 is 23.0 Å². The first-order valence-electron chi connectivity index (χ1n) is 10.8. The molecule has 174 valence electrons. The van der Waals surface area contributed by atoms with Crippen molar-refractivity contribution in [3.05, 3.63) is 46.8 Å². The van der Waals surface area contributed by atoms with Gasteiger partial charge in [-0.05, 0) is 55.8 Å². The van der Waals surface area contributed by atoms with Crippen molar-refractivity contribution in [1.29, 1.82) is 0 Å². The molecule has 2 N–H and O–H groups in total. The van der Waals surface area contributed by atoms with Gasteiger partial charge >= 0.3 is 5.82 Å². The summed E-state index contributed by atoms with van der Waals surface area (Å²) < 4.78 is 11.3. The van der Waals surface area contributed by atoms with Crippen LogP contribution in [0.5, 0.6) is 0 Å². The van der Waals surface area contributed by atoms with Crippen LogP contribution in [0.1, 0.15) is 27.7 Å². The third-order valence-electron chi connectivity index (χ3n) is 5.26. The summed E-state index contributed by atoms with van der Waals surface area (Å²) in [6.45, 7) is 11.6. The van der Waals surface area contributed by atoms with Crippen LogP contribution in [0.4, 0.5) is 23.0 Å². The molecule has 0 spiro atoms. The van der Waals surface area contributed by atoms with Gasteiger partial charge in [-0.25, -0.2) is 4.98 Å². The Morgan fingerprint density at radius 3 is 1.62 bits per heavy atom. The molecule has 0 amide bonds. The second-order valence-electron chi connectivity index (χ2n) is 8.40. The fourth-order valence-electron chi connectivity index (χ4n) is 4.04. The fraction of sp³-hybridized carbons (Fsp3) is 0.545. The zero-order chi connectivity index (χ0) is 23.3. The first kappa shape index (κ1) is 23.7. The van der Waals surface area contributed by atoms with Crippen LogP contribution in [0, 0.1) is 10.1 Å². The van der Waals surface area contributed by atoms with E-state index < -0.39 is 4.92 Å². The molecule has 2 aliphatic heterocycles. The van der Waals surface area contributed by atoms with Crippen molar-refractivity contribution in [3.63, 3.8) is 0 Å². The number of nitrogens with zero attached hydrogens (tertiary/aromatic N) is 5. The van der Waals surface area contributed by atoms with Gasteiger partial charge in [-0.1, -0.05) is 0 Å². The Hall–Kier alpha value is -2.98. The topological polar surface area (TPSA) is 120 Å². The largest absolute Gasteiger partial charge is 0.384 e. The van der Waals surface area contributed by atoms with E-state index in [-0.39, 0.29) is 30.2 Å². The minimum Gasteiger partial charge on any atom is -0.384 e. The Balaban J connectivity index is 0.000000182. The number of morpholine rings is 2. The van der Waals surface area contributed by atoms with E-state index in [1.54, 1.807) is 12.3 Å². The molecule has 4 atom stereocenters. The monoisotopic (exact) mass is 444 g/mol. The van der Waals surface area contributed by atoms with E-state index in [2.05, 4.69) is 33.6 Å². The van der Waals surface area contributed by atoms with Gasteiger partial charge in [-0.15, -0.1) is 0 Å². The molecule has 0 radical (unpaired) electrons. The Labute approximate surface area is 188 Å². The summed E-state index contributed by atoms with van der Waals surface area (Å²) >= 11 is 0. The van der Waals surface area contributed by atoms with Crippen LogP contribution in [0.25, 0.3) is 0 Å². The molecule has 2 fully saturated rings. The molecule has 10 heteroatoms. The smallest absolute Gasteiger partial charge is 0.363 e. The lowest BCUT2D eigenvalue weighted by Gasteiger charge is -2.36. The van der Waals surface area contributed by atoms with Crippen molar-refractivity contribution in [2.75, 3.05) is 41.7 Å². The molecule has 2 aromatic rings. The average Bonchev–Trinajstić information content (AvgIpc) is 2.73. The lowest BCUT2D eigenvalue weighted by atomic mass is 10.2. The predicted molar refractivity (Wildman–Crippen MR) is 124 cm³/mol. The maximum atomic E-state index is 10.5. The minimum absolute atomic E-state index is 0.122. The molecule has 0 aliphatic carbocycles.